The molecule has 0 unspecified atom stereocenters. The van der Waals surface area contributed by atoms with Crippen molar-refractivity contribution < 1.29 is 0 Å². The minimum absolute atomic E-state index is 0. The minimum Gasteiger partial charge on any atom is -0.314 e. The lowest BCUT2D eigenvalue weighted by molar-refractivity contribution is 0.234. The molecule has 1 heterocycles. The SMILES string of the molecule is Cl.c1ccc2c(CN3CCNCC3)cccc2c1. The average molecular weight is 263 g/mol. The Morgan fingerprint density at radius 1 is 0.944 bits per heavy atom. The van der Waals surface area contributed by atoms with Crippen molar-refractivity contribution in [3.63, 3.8) is 0 Å². The molecule has 2 aromatic rings. The lowest BCUT2D eigenvalue weighted by atomic mass is 10.0. The van der Waals surface area contributed by atoms with Crippen LogP contribution in [0.1, 0.15) is 5.56 Å². The van der Waals surface area contributed by atoms with Crippen LogP contribution >= 0.6 is 12.4 Å². The largest absolute Gasteiger partial charge is 0.314 e. The molecule has 3 heteroatoms. The van der Waals surface area contributed by atoms with Crippen molar-refractivity contribution in [1.82, 2.24) is 10.2 Å². The highest BCUT2D eigenvalue weighted by Crippen LogP contribution is 2.19. The van der Waals surface area contributed by atoms with E-state index in [-0.39, 0.29) is 12.4 Å². The van der Waals surface area contributed by atoms with Gasteiger partial charge in [0.1, 0.15) is 0 Å². The minimum atomic E-state index is 0. The summed E-state index contributed by atoms with van der Waals surface area (Å²) in [5, 5.41) is 6.14. The molecule has 0 spiro atoms. The van der Waals surface area contributed by atoms with Crippen LogP contribution in [-0.2, 0) is 6.54 Å². The van der Waals surface area contributed by atoms with Gasteiger partial charge in [0.25, 0.3) is 0 Å². The van der Waals surface area contributed by atoms with Gasteiger partial charge in [0, 0.05) is 32.7 Å². The van der Waals surface area contributed by atoms with Gasteiger partial charge >= 0.3 is 0 Å². The maximum Gasteiger partial charge on any atom is 0.0240 e. The van der Waals surface area contributed by atoms with Gasteiger partial charge in [-0.2, -0.15) is 0 Å². The van der Waals surface area contributed by atoms with Crippen molar-refractivity contribution >= 4 is 23.2 Å². The first kappa shape index (κ1) is 13.3. The van der Waals surface area contributed by atoms with Gasteiger partial charge in [0.2, 0.25) is 0 Å². The third kappa shape index (κ3) is 2.83. The van der Waals surface area contributed by atoms with Crippen LogP contribution in [0.4, 0.5) is 0 Å². The van der Waals surface area contributed by atoms with E-state index >= 15 is 0 Å². The summed E-state index contributed by atoms with van der Waals surface area (Å²) in [6, 6.07) is 15.3. The summed E-state index contributed by atoms with van der Waals surface area (Å²) in [6.45, 7) is 5.62. The molecular formula is C15H19ClN2. The van der Waals surface area contributed by atoms with Crippen molar-refractivity contribution in [1.29, 1.82) is 0 Å². The summed E-state index contributed by atoms with van der Waals surface area (Å²) in [5.41, 5.74) is 1.45. The zero-order valence-corrected chi connectivity index (χ0v) is 11.2. The molecule has 1 N–H and O–H groups in total. The molecule has 96 valence electrons. The van der Waals surface area contributed by atoms with Crippen LogP contribution in [-0.4, -0.2) is 31.1 Å². The van der Waals surface area contributed by atoms with Crippen molar-refractivity contribution in [3.05, 3.63) is 48.0 Å². The predicted octanol–water partition coefficient (Wildman–Crippen LogP) is 2.67. The van der Waals surface area contributed by atoms with Crippen molar-refractivity contribution in [2.75, 3.05) is 26.2 Å². The molecular weight excluding hydrogens is 244 g/mol. The summed E-state index contributed by atoms with van der Waals surface area (Å²) < 4.78 is 0. The Labute approximate surface area is 114 Å². The Morgan fingerprint density at radius 2 is 1.67 bits per heavy atom. The number of benzene rings is 2. The highest BCUT2D eigenvalue weighted by molar-refractivity contribution is 5.85. The van der Waals surface area contributed by atoms with E-state index in [1.807, 2.05) is 0 Å². The molecule has 0 aliphatic carbocycles. The second-order valence-electron chi connectivity index (χ2n) is 4.66. The fraction of sp³-hybridized carbons (Fsp3) is 0.333. The molecule has 0 aromatic heterocycles. The van der Waals surface area contributed by atoms with Crippen molar-refractivity contribution in [2.24, 2.45) is 0 Å². The third-order valence-corrected chi connectivity index (χ3v) is 3.48. The van der Waals surface area contributed by atoms with Crippen molar-refractivity contribution in [2.45, 2.75) is 6.54 Å². The first-order valence-electron chi connectivity index (χ1n) is 6.33. The Balaban J connectivity index is 0.00000120. The molecule has 1 fully saturated rings. The van der Waals surface area contributed by atoms with E-state index in [0.29, 0.717) is 0 Å². The number of fused-ring (bicyclic) bond motifs is 1. The monoisotopic (exact) mass is 262 g/mol. The van der Waals surface area contributed by atoms with Gasteiger partial charge in [-0.3, -0.25) is 4.90 Å². The molecule has 18 heavy (non-hydrogen) atoms. The molecule has 2 aromatic carbocycles. The molecule has 0 amide bonds. The number of halogens is 1. The highest BCUT2D eigenvalue weighted by atomic mass is 35.5. The standard InChI is InChI=1S/C15H18N2.ClH/c1-2-7-15-13(4-1)5-3-6-14(15)12-17-10-8-16-9-11-17;/h1-7,16H,8-12H2;1H. The molecule has 3 rings (SSSR count). The molecule has 1 aliphatic rings. The topological polar surface area (TPSA) is 15.3 Å². The molecule has 0 saturated carbocycles. The predicted molar refractivity (Wildman–Crippen MR) is 79.3 cm³/mol. The molecule has 1 aliphatic heterocycles. The quantitative estimate of drug-likeness (QED) is 0.895. The molecule has 2 nitrogen and oxygen atoms in total. The van der Waals surface area contributed by atoms with Crippen LogP contribution in [0.15, 0.2) is 42.5 Å². The maximum atomic E-state index is 3.40. The fourth-order valence-corrected chi connectivity index (χ4v) is 2.54. The van der Waals surface area contributed by atoms with Gasteiger partial charge in [0.15, 0.2) is 0 Å². The molecule has 1 saturated heterocycles. The number of nitrogens with one attached hydrogen (secondary N) is 1. The van der Waals surface area contributed by atoms with Gasteiger partial charge in [0.05, 0.1) is 0 Å². The van der Waals surface area contributed by atoms with Crippen LogP contribution in [0.25, 0.3) is 10.8 Å². The van der Waals surface area contributed by atoms with E-state index in [1.165, 1.54) is 16.3 Å². The first-order chi connectivity index (χ1) is 8.43. The van der Waals surface area contributed by atoms with Crippen LogP contribution in [0.3, 0.4) is 0 Å². The first-order valence-corrected chi connectivity index (χ1v) is 6.33. The van der Waals surface area contributed by atoms with Gasteiger partial charge in [-0.15, -0.1) is 12.4 Å². The number of hydrogen-bond acceptors (Lipinski definition) is 2. The number of rotatable bonds is 2. The smallest absolute Gasteiger partial charge is 0.0240 e. The van der Waals surface area contributed by atoms with Crippen molar-refractivity contribution in [3.8, 4) is 0 Å². The second kappa shape index (κ2) is 6.19. The Bertz CT molecular complexity index is 501. The third-order valence-electron chi connectivity index (χ3n) is 3.48. The average Bonchev–Trinajstić information content (AvgIpc) is 2.40. The zero-order chi connectivity index (χ0) is 11.5. The fourth-order valence-electron chi connectivity index (χ4n) is 2.54. The van der Waals surface area contributed by atoms with Gasteiger partial charge in [-0.1, -0.05) is 42.5 Å². The van der Waals surface area contributed by atoms with Gasteiger partial charge < -0.3 is 5.32 Å². The van der Waals surface area contributed by atoms with Crippen LogP contribution < -0.4 is 5.32 Å². The van der Waals surface area contributed by atoms with Crippen LogP contribution in [0.2, 0.25) is 0 Å². The second-order valence-corrected chi connectivity index (χ2v) is 4.66. The molecule has 0 radical (unpaired) electrons. The lowest BCUT2D eigenvalue weighted by Crippen LogP contribution is -2.42. The van der Waals surface area contributed by atoms with E-state index in [9.17, 15) is 0 Å². The number of nitrogens with zero attached hydrogens (tertiary/aromatic N) is 1. The number of piperazine rings is 1. The van der Waals surface area contributed by atoms with E-state index in [2.05, 4.69) is 52.7 Å². The van der Waals surface area contributed by atoms with Crippen LogP contribution in [0.5, 0.6) is 0 Å². The van der Waals surface area contributed by atoms with E-state index in [4.69, 9.17) is 0 Å². The normalized spacial score (nSPS) is 16.4. The number of hydrogen-bond donors (Lipinski definition) is 1. The zero-order valence-electron chi connectivity index (χ0n) is 10.4. The summed E-state index contributed by atoms with van der Waals surface area (Å²) in [7, 11) is 0. The summed E-state index contributed by atoms with van der Waals surface area (Å²) in [4.78, 5) is 2.53. The maximum absolute atomic E-state index is 3.40. The van der Waals surface area contributed by atoms with E-state index < -0.39 is 0 Å². The lowest BCUT2D eigenvalue weighted by Gasteiger charge is -2.27. The van der Waals surface area contributed by atoms with E-state index in [0.717, 1.165) is 32.7 Å². The van der Waals surface area contributed by atoms with E-state index in [1.54, 1.807) is 0 Å². The Morgan fingerprint density at radius 3 is 2.50 bits per heavy atom. The Hall–Kier alpha value is -1.09. The molecule has 0 bridgehead atoms. The van der Waals surface area contributed by atoms with Crippen LogP contribution in [0, 0.1) is 0 Å². The van der Waals surface area contributed by atoms with Gasteiger partial charge in [-0.05, 0) is 16.3 Å². The van der Waals surface area contributed by atoms with Gasteiger partial charge in [-0.25, -0.2) is 0 Å². The summed E-state index contributed by atoms with van der Waals surface area (Å²) in [6.07, 6.45) is 0. The Kier molecular flexibility index (Phi) is 4.59. The highest BCUT2D eigenvalue weighted by Gasteiger charge is 2.10. The summed E-state index contributed by atoms with van der Waals surface area (Å²) in [5.74, 6) is 0. The summed E-state index contributed by atoms with van der Waals surface area (Å²) >= 11 is 0. The molecule has 0 atom stereocenters.